The zero-order valence-electron chi connectivity index (χ0n) is 13.7. The molecule has 26 heavy (non-hydrogen) atoms. The van der Waals surface area contributed by atoms with Gasteiger partial charge in [-0.1, -0.05) is 18.2 Å². The number of carbonyl (C=O) groups is 4. The molecule has 0 aliphatic carbocycles. The number of carbonyl (C=O) groups excluding carboxylic acids is 3. The normalized spacial score (nSPS) is 15.9. The van der Waals surface area contributed by atoms with Crippen molar-refractivity contribution in [2.45, 2.75) is 6.54 Å². The number of hydrogen-bond donors (Lipinski definition) is 1. The zero-order chi connectivity index (χ0) is 18.8. The van der Waals surface area contributed by atoms with E-state index in [1.54, 1.807) is 35.0 Å². The number of ether oxygens (including phenoxy) is 1. The highest BCUT2D eigenvalue weighted by Gasteiger charge is 2.36. The van der Waals surface area contributed by atoms with E-state index >= 15 is 0 Å². The maximum absolute atomic E-state index is 12.4. The second-order valence-corrected chi connectivity index (χ2v) is 6.46. The summed E-state index contributed by atoms with van der Waals surface area (Å²) in [4.78, 5) is 47.8. The quantitative estimate of drug-likeness (QED) is 0.630. The average molecular weight is 374 g/mol. The molecule has 1 aromatic heterocycles. The van der Waals surface area contributed by atoms with E-state index < -0.39 is 29.6 Å². The second kappa shape index (κ2) is 7.04. The molecule has 3 rings (SSSR count). The minimum atomic E-state index is -0.990. The molecule has 9 heteroatoms. The number of hydrogen-bond acceptors (Lipinski definition) is 6. The number of amides is 2. The lowest BCUT2D eigenvalue weighted by Crippen LogP contribution is -2.34. The summed E-state index contributed by atoms with van der Waals surface area (Å²) < 4.78 is 6.05. The van der Waals surface area contributed by atoms with E-state index in [1.165, 1.54) is 13.2 Å². The molecule has 0 atom stereocenters. The van der Waals surface area contributed by atoms with Gasteiger partial charge in [-0.15, -0.1) is 0 Å². The van der Waals surface area contributed by atoms with Crippen LogP contribution in [0.15, 0.2) is 35.4 Å². The molecule has 134 valence electrons. The van der Waals surface area contributed by atoms with Crippen molar-refractivity contribution < 1.29 is 29.0 Å². The van der Waals surface area contributed by atoms with Crippen LogP contribution >= 0.6 is 11.8 Å². The molecule has 8 nitrogen and oxygen atoms in total. The third-order valence-corrected chi connectivity index (χ3v) is 4.71. The number of imide groups is 1. The number of aromatic nitrogens is 1. The third-order valence-electron chi connectivity index (χ3n) is 3.80. The molecule has 0 unspecified atom stereocenters. The summed E-state index contributed by atoms with van der Waals surface area (Å²) >= 11 is 0.726. The van der Waals surface area contributed by atoms with Crippen molar-refractivity contribution in [2.24, 2.45) is 0 Å². The molecule has 2 amide bonds. The van der Waals surface area contributed by atoms with Crippen molar-refractivity contribution in [1.29, 1.82) is 0 Å². The standard InChI is InChI=1S/C17H14N2O6S/c1-25-15(22)9-19-16(23)13(26-17(19)24)6-10-7-18(8-14(20)21)12-5-3-2-4-11(10)12/h2-7H,8-9H2,1H3,(H,20,21)/b13-6+. The van der Waals surface area contributed by atoms with Crippen LogP contribution in [0.2, 0.25) is 0 Å². The molecule has 2 heterocycles. The minimum Gasteiger partial charge on any atom is -0.480 e. The van der Waals surface area contributed by atoms with Crippen LogP contribution in [-0.4, -0.2) is 51.3 Å². The topological polar surface area (TPSA) is 106 Å². The Morgan fingerprint density at radius 2 is 1.96 bits per heavy atom. The third kappa shape index (κ3) is 3.33. The van der Waals surface area contributed by atoms with Crippen LogP contribution < -0.4 is 0 Å². The molecule has 1 fully saturated rings. The van der Waals surface area contributed by atoms with Gasteiger partial charge in [0.15, 0.2) is 0 Å². The molecule has 1 N–H and O–H groups in total. The number of carboxylic acids is 1. The maximum Gasteiger partial charge on any atom is 0.325 e. The van der Waals surface area contributed by atoms with Crippen molar-refractivity contribution in [3.8, 4) is 0 Å². The number of thioether (sulfide) groups is 1. The van der Waals surface area contributed by atoms with Gasteiger partial charge < -0.3 is 14.4 Å². The molecule has 1 saturated heterocycles. The molecule has 0 saturated carbocycles. The fourth-order valence-electron chi connectivity index (χ4n) is 2.64. The van der Waals surface area contributed by atoms with E-state index in [4.69, 9.17) is 5.11 Å². The molecule has 0 bridgehead atoms. The number of aliphatic carboxylic acids is 1. The first-order valence-corrected chi connectivity index (χ1v) is 8.34. The van der Waals surface area contributed by atoms with E-state index in [1.807, 2.05) is 0 Å². The van der Waals surface area contributed by atoms with Gasteiger partial charge in [0.25, 0.3) is 11.1 Å². The van der Waals surface area contributed by atoms with Gasteiger partial charge in [-0.25, -0.2) is 0 Å². The first-order chi connectivity index (χ1) is 12.4. The average Bonchev–Trinajstić information content (AvgIpc) is 3.07. The lowest BCUT2D eigenvalue weighted by molar-refractivity contribution is -0.143. The minimum absolute atomic E-state index is 0.164. The van der Waals surface area contributed by atoms with Crippen LogP contribution in [0.4, 0.5) is 4.79 Å². The van der Waals surface area contributed by atoms with Crippen LogP contribution in [0.25, 0.3) is 17.0 Å². The Bertz CT molecular complexity index is 961. The highest BCUT2D eigenvalue weighted by Crippen LogP contribution is 2.34. The fourth-order valence-corrected chi connectivity index (χ4v) is 3.47. The maximum atomic E-state index is 12.4. The van der Waals surface area contributed by atoms with Crippen molar-refractivity contribution >= 4 is 51.8 Å². The molecule has 0 spiro atoms. The van der Waals surface area contributed by atoms with Gasteiger partial charge in [-0.05, 0) is 23.9 Å². The van der Waals surface area contributed by atoms with Crippen molar-refractivity contribution in [1.82, 2.24) is 9.47 Å². The summed E-state index contributed by atoms with van der Waals surface area (Å²) in [6.45, 7) is -0.669. The van der Waals surface area contributed by atoms with Crippen LogP contribution in [-0.2, 0) is 25.7 Å². The number of benzene rings is 1. The summed E-state index contributed by atoms with van der Waals surface area (Å²) in [6, 6.07) is 7.17. The van der Waals surface area contributed by atoms with E-state index in [2.05, 4.69) is 4.74 Å². The van der Waals surface area contributed by atoms with Gasteiger partial charge in [0.1, 0.15) is 13.1 Å². The number of esters is 1. The molecule has 1 aromatic carbocycles. The van der Waals surface area contributed by atoms with Crippen LogP contribution in [0.3, 0.4) is 0 Å². The fraction of sp³-hybridized carbons (Fsp3) is 0.176. The molecule has 1 aliphatic heterocycles. The zero-order valence-corrected chi connectivity index (χ0v) is 14.5. The SMILES string of the molecule is COC(=O)CN1C(=O)S/C(=C/c2cn(CC(=O)O)c3ccccc23)C1=O. The van der Waals surface area contributed by atoms with Crippen molar-refractivity contribution in [3.05, 3.63) is 40.9 Å². The first-order valence-electron chi connectivity index (χ1n) is 7.52. The van der Waals surface area contributed by atoms with Crippen molar-refractivity contribution in [2.75, 3.05) is 13.7 Å². The summed E-state index contributed by atoms with van der Waals surface area (Å²) in [5, 5.41) is 9.25. The van der Waals surface area contributed by atoms with E-state index in [0.29, 0.717) is 11.1 Å². The van der Waals surface area contributed by atoms with Crippen LogP contribution in [0.1, 0.15) is 5.56 Å². The van der Waals surface area contributed by atoms with Gasteiger partial charge in [0, 0.05) is 22.7 Å². The highest BCUT2D eigenvalue weighted by molar-refractivity contribution is 8.18. The number of rotatable bonds is 5. The molecular weight excluding hydrogens is 360 g/mol. The number of methoxy groups -OCH3 is 1. The smallest absolute Gasteiger partial charge is 0.325 e. The monoisotopic (exact) mass is 374 g/mol. The van der Waals surface area contributed by atoms with Crippen LogP contribution in [0, 0.1) is 0 Å². The van der Waals surface area contributed by atoms with Gasteiger partial charge >= 0.3 is 11.9 Å². The summed E-state index contributed by atoms with van der Waals surface area (Å²) in [5.74, 6) is -2.26. The van der Waals surface area contributed by atoms with Crippen LogP contribution in [0.5, 0.6) is 0 Å². The number of carboxylic acid groups (broad SMARTS) is 1. The number of fused-ring (bicyclic) bond motifs is 1. The largest absolute Gasteiger partial charge is 0.480 e. The van der Waals surface area contributed by atoms with E-state index in [-0.39, 0.29) is 11.4 Å². The molecule has 1 aliphatic rings. The summed E-state index contributed by atoms with van der Waals surface area (Å²) in [6.07, 6.45) is 3.15. The predicted molar refractivity (Wildman–Crippen MR) is 94.3 cm³/mol. The van der Waals surface area contributed by atoms with Gasteiger partial charge in [-0.2, -0.15) is 0 Å². The van der Waals surface area contributed by atoms with Crippen molar-refractivity contribution in [3.63, 3.8) is 0 Å². The van der Waals surface area contributed by atoms with E-state index in [0.717, 1.165) is 22.0 Å². The summed E-state index contributed by atoms with van der Waals surface area (Å²) in [5.41, 5.74) is 1.32. The Morgan fingerprint density at radius 3 is 2.65 bits per heavy atom. The Kier molecular flexibility index (Phi) is 4.81. The van der Waals surface area contributed by atoms with Gasteiger partial charge in [0.05, 0.1) is 12.0 Å². The molecule has 2 aromatic rings. The lowest BCUT2D eigenvalue weighted by atomic mass is 10.1. The number of nitrogens with zero attached hydrogens (tertiary/aromatic N) is 2. The molecular formula is C17H14N2O6S. The Balaban J connectivity index is 1.98. The Hall–Kier alpha value is -3.07. The summed E-state index contributed by atoms with van der Waals surface area (Å²) in [7, 11) is 1.18. The Labute approximate surface area is 152 Å². The predicted octanol–water partition coefficient (Wildman–Crippen LogP) is 1.94. The first kappa shape index (κ1) is 17.7. The molecule has 0 radical (unpaired) electrons. The van der Waals surface area contributed by atoms with E-state index in [9.17, 15) is 19.2 Å². The number of para-hydroxylation sites is 1. The van der Waals surface area contributed by atoms with Gasteiger partial charge in [0.2, 0.25) is 0 Å². The van der Waals surface area contributed by atoms with Gasteiger partial charge in [-0.3, -0.25) is 24.1 Å². The lowest BCUT2D eigenvalue weighted by Gasteiger charge is -2.09. The highest BCUT2D eigenvalue weighted by atomic mass is 32.2. The Morgan fingerprint density at radius 1 is 1.23 bits per heavy atom. The second-order valence-electron chi connectivity index (χ2n) is 5.47.